The monoisotopic (exact) mass is 677 g/mol. The van der Waals surface area contributed by atoms with Gasteiger partial charge in [0.25, 0.3) is 17.2 Å². The van der Waals surface area contributed by atoms with Crippen LogP contribution in [0.1, 0.15) is 31.0 Å². The summed E-state index contributed by atoms with van der Waals surface area (Å²) in [6.07, 6.45) is 1.58. The molecule has 14 heteroatoms. The van der Waals surface area contributed by atoms with E-state index in [-0.39, 0.29) is 16.0 Å². The maximum atomic E-state index is 14.2. The molecule has 1 aliphatic heterocycles. The third-order valence-electron chi connectivity index (χ3n) is 7.58. The summed E-state index contributed by atoms with van der Waals surface area (Å²) in [5.74, 6) is 0.189. The number of carbonyl (C=O) groups is 1. The number of aromatic nitrogens is 1. The minimum absolute atomic E-state index is 0.174. The Bertz CT molecular complexity index is 2310. The molecule has 246 valence electrons. The van der Waals surface area contributed by atoms with Crippen LogP contribution in [0.5, 0.6) is 17.2 Å². The summed E-state index contributed by atoms with van der Waals surface area (Å²) in [6.45, 7) is 4.07. The molecule has 49 heavy (non-hydrogen) atoms. The van der Waals surface area contributed by atoms with E-state index >= 15 is 0 Å². The van der Waals surface area contributed by atoms with Gasteiger partial charge in [0.2, 0.25) is 5.75 Å². The van der Waals surface area contributed by atoms with Crippen molar-refractivity contribution in [2.24, 2.45) is 4.99 Å². The van der Waals surface area contributed by atoms with Gasteiger partial charge in [-0.1, -0.05) is 59.9 Å². The third-order valence-corrected chi connectivity index (χ3v) is 8.56. The first-order chi connectivity index (χ1) is 23.6. The van der Waals surface area contributed by atoms with E-state index in [4.69, 9.17) is 9.47 Å². The molecule has 4 aromatic carbocycles. The molecular weight excluding hydrogens is 650 g/mol. The second-order valence-corrected chi connectivity index (χ2v) is 11.7. The molecular formula is C35H27N5O8S. The minimum Gasteiger partial charge on any atom is -0.494 e. The van der Waals surface area contributed by atoms with Crippen LogP contribution >= 0.6 is 11.3 Å². The molecule has 1 aliphatic rings. The number of allylic oxidation sites excluding steroid dienone is 1. The average molecular weight is 678 g/mol. The molecule has 5 aromatic rings. The Morgan fingerprint density at radius 1 is 0.959 bits per heavy atom. The first-order valence-corrected chi connectivity index (χ1v) is 15.8. The SMILES string of the molecule is CCOc1ccc([C@H]2C(C(=O)Nc3ccccc3)=C(C)N=c3s/c(=C/c4ccccc4Oc4ccc([N+](=O)[O-])cc4[N+](=O)[O-])c(=O)n32)cc1. The lowest BCUT2D eigenvalue weighted by atomic mass is 9.95. The van der Waals surface area contributed by atoms with Crippen molar-refractivity contribution in [2.75, 3.05) is 11.9 Å². The van der Waals surface area contributed by atoms with Crippen molar-refractivity contribution in [1.82, 2.24) is 4.57 Å². The van der Waals surface area contributed by atoms with E-state index in [0.717, 1.165) is 29.5 Å². The van der Waals surface area contributed by atoms with Crippen molar-refractivity contribution in [3.63, 3.8) is 0 Å². The Balaban J connectivity index is 1.45. The number of nitrogens with zero attached hydrogens (tertiary/aromatic N) is 4. The first kappa shape index (κ1) is 32.5. The maximum absolute atomic E-state index is 14.2. The van der Waals surface area contributed by atoms with Gasteiger partial charge in [0.05, 0.1) is 44.4 Å². The number of hydrogen-bond acceptors (Lipinski definition) is 10. The van der Waals surface area contributed by atoms with E-state index in [1.54, 1.807) is 73.7 Å². The molecule has 0 spiro atoms. The standard InChI is InChI=1S/C35H27N5O8S/c1-3-47-26-16-13-22(14-17-26)32-31(33(41)37-24-10-5-4-6-11-24)21(2)36-35-38(32)34(42)30(49-35)19-23-9-7-8-12-28(23)48-29-18-15-25(39(43)44)20-27(29)40(45)46/h4-20,32H,3H2,1-2H3,(H,37,41)/b30-19+/t32-/m0/s1. The summed E-state index contributed by atoms with van der Waals surface area (Å²) in [7, 11) is 0. The summed E-state index contributed by atoms with van der Waals surface area (Å²) in [6, 6.07) is 25.0. The highest BCUT2D eigenvalue weighted by molar-refractivity contribution is 7.07. The van der Waals surface area contributed by atoms with Crippen LogP contribution in [0.2, 0.25) is 0 Å². The van der Waals surface area contributed by atoms with E-state index in [0.29, 0.717) is 45.2 Å². The van der Waals surface area contributed by atoms with E-state index < -0.39 is 38.7 Å². The molecule has 2 heterocycles. The van der Waals surface area contributed by atoms with Crippen LogP contribution in [0, 0.1) is 20.2 Å². The third kappa shape index (κ3) is 6.71. The Hall–Kier alpha value is -6.41. The molecule has 1 amide bonds. The van der Waals surface area contributed by atoms with Crippen LogP contribution in [0.15, 0.2) is 118 Å². The zero-order valence-electron chi connectivity index (χ0n) is 26.1. The number of nitrogens with one attached hydrogen (secondary N) is 1. The number of carbonyl (C=O) groups excluding carboxylic acids is 1. The molecule has 0 aliphatic carbocycles. The Morgan fingerprint density at radius 2 is 1.67 bits per heavy atom. The minimum atomic E-state index is -0.827. The van der Waals surface area contributed by atoms with E-state index in [1.165, 1.54) is 4.57 Å². The number of fused-ring (bicyclic) bond motifs is 1. The molecule has 0 saturated heterocycles. The number of para-hydroxylation sites is 2. The number of amides is 1. The highest BCUT2D eigenvalue weighted by Gasteiger charge is 2.32. The van der Waals surface area contributed by atoms with E-state index in [1.807, 2.05) is 25.1 Å². The number of nitro groups is 2. The summed E-state index contributed by atoms with van der Waals surface area (Å²) < 4.78 is 13.3. The summed E-state index contributed by atoms with van der Waals surface area (Å²) in [5.41, 5.74) is 0.930. The lowest BCUT2D eigenvalue weighted by Gasteiger charge is -2.25. The van der Waals surface area contributed by atoms with Gasteiger partial charge in [-0.25, -0.2) is 4.99 Å². The first-order valence-electron chi connectivity index (χ1n) is 15.0. The largest absolute Gasteiger partial charge is 0.494 e. The molecule has 0 radical (unpaired) electrons. The normalized spacial score (nSPS) is 14.1. The maximum Gasteiger partial charge on any atom is 0.318 e. The van der Waals surface area contributed by atoms with E-state index in [9.17, 15) is 29.8 Å². The van der Waals surface area contributed by atoms with Gasteiger partial charge >= 0.3 is 5.69 Å². The van der Waals surface area contributed by atoms with Gasteiger partial charge in [0, 0.05) is 17.3 Å². The van der Waals surface area contributed by atoms with Crippen molar-refractivity contribution < 1.29 is 24.1 Å². The van der Waals surface area contributed by atoms with Gasteiger partial charge in [-0.05, 0) is 61.9 Å². The van der Waals surface area contributed by atoms with Gasteiger partial charge < -0.3 is 14.8 Å². The second-order valence-electron chi connectivity index (χ2n) is 10.7. The number of ether oxygens (including phenoxy) is 2. The van der Waals surface area contributed by atoms with Crippen molar-refractivity contribution in [3.05, 3.63) is 159 Å². The Labute approximate surface area is 282 Å². The smallest absolute Gasteiger partial charge is 0.318 e. The van der Waals surface area contributed by atoms with Crippen LogP contribution in [0.4, 0.5) is 17.1 Å². The highest BCUT2D eigenvalue weighted by Crippen LogP contribution is 2.36. The number of nitro benzene ring substituents is 2. The Kier molecular flexibility index (Phi) is 9.13. The molecule has 1 N–H and O–H groups in total. The van der Waals surface area contributed by atoms with Crippen LogP contribution in [-0.4, -0.2) is 26.9 Å². The quantitative estimate of drug-likeness (QED) is 0.141. The number of anilines is 1. The van der Waals surface area contributed by atoms with Crippen molar-refractivity contribution in [1.29, 1.82) is 0 Å². The van der Waals surface area contributed by atoms with Crippen LogP contribution in [-0.2, 0) is 4.79 Å². The summed E-state index contributed by atoms with van der Waals surface area (Å²) in [5, 5.41) is 25.8. The number of rotatable bonds is 10. The van der Waals surface area contributed by atoms with Gasteiger partial charge in [0.15, 0.2) is 4.80 Å². The zero-order valence-corrected chi connectivity index (χ0v) is 26.9. The number of benzene rings is 4. The molecule has 1 aromatic heterocycles. The highest BCUT2D eigenvalue weighted by atomic mass is 32.1. The summed E-state index contributed by atoms with van der Waals surface area (Å²) in [4.78, 5) is 54.5. The molecule has 6 rings (SSSR count). The van der Waals surface area contributed by atoms with E-state index in [2.05, 4.69) is 10.3 Å². The Morgan fingerprint density at radius 3 is 2.37 bits per heavy atom. The lowest BCUT2D eigenvalue weighted by Crippen LogP contribution is -2.40. The van der Waals surface area contributed by atoms with Crippen LogP contribution in [0.25, 0.3) is 6.08 Å². The fourth-order valence-corrected chi connectivity index (χ4v) is 6.40. The number of non-ortho nitro benzene ring substituents is 1. The van der Waals surface area contributed by atoms with Crippen LogP contribution in [0.3, 0.4) is 0 Å². The predicted molar refractivity (Wildman–Crippen MR) is 183 cm³/mol. The van der Waals surface area contributed by atoms with Crippen molar-refractivity contribution >= 4 is 40.4 Å². The summed E-state index contributed by atoms with van der Waals surface area (Å²) >= 11 is 1.12. The zero-order chi connectivity index (χ0) is 34.7. The van der Waals surface area contributed by atoms with Gasteiger partial charge in [-0.15, -0.1) is 0 Å². The fourth-order valence-electron chi connectivity index (χ4n) is 5.36. The molecule has 0 bridgehead atoms. The second kappa shape index (κ2) is 13.8. The molecule has 0 saturated carbocycles. The van der Waals surface area contributed by atoms with Gasteiger partial charge in [0.1, 0.15) is 11.5 Å². The predicted octanol–water partition coefficient (Wildman–Crippen LogP) is 5.88. The van der Waals surface area contributed by atoms with Gasteiger partial charge in [-0.2, -0.15) is 0 Å². The number of thiazole rings is 1. The average Bonchev–Trinajstić information content (AvgIpc) is 3.39. The number of hydrogen-bond donors (Lipinski definition) is 1. The van der Waals surface area contributed by atoms with Crippen molar-refractivity contribution in [3.8, 4) is 17.2 Å². The molecule has 13 nitrogen and oxygen atoms in total. The topological polar surface area (TPSA) is 168 Å². The molecule has 0 unspecified atom stereocenters. The van der Waals surface area contributed by atoms with Gasteiger partial charge in [-0.3, -0.25) is 34.4 Å². The molecule has 0 fully saturated rings. The fraction of sp³-hybridized carbons (Fsp3) is 0.114. The lowest BCUT2D eigenvalue weighted by molar-refractivity contribution is -0.394. The molecule has 1 atom stereocenters. The van der Waals surface area contributed by atoms with Crippen molar-refractivity contribution in [2.45, 2.75) is 19.9 Å². The van der Waals surface area contributed by atoms with Crippen LogP contribution < -0.4 is 29.7 Å².